The van der Waals surface area contributed by atoms with Gasteiger partial charge in [-0.3, -0.25) is 4.79 Å². The lowest BCUT2D eigenvalue weighted by molar-refractivity contribution is 0.103. The molecule has 0 saturated heterocycles. The number of hydrogen-bond donors (Lipinski definition) is 0. The Hall–Kier alpha value is -0.830. The van der Waals surface area contributed by atoms with Crippen molar-refractivity contribution < 1.29 is 4.79 Å². The third kappa shape index (κ3) is 2.46. The molecule has 2 aromatic carbocycles. The zero-order valence-corrected chi connectivity index (χ0v) is 12.6. The molecule has 1 nitrogen and oxygen atoms in total. The van der Waals surface area contributed by atoms with E-state index in [2.05, 4.69) is 15.9 Å². The lowest BCUT2D eigenvalue weighted by atomic mass is 10.0. The molecule has 0 saturated carbocycles. The van der Waals surface area contributed by atoms with Gasteiger partial charge in [-0.15, -0.1) is 0 Å². The first kappa shape index (κ1) is 13.6. The van der Waals surface area contributed by atoms with E-state index in [0.29, 0.717) is 16.1 Å². The van der Waals surface area contributed by atoms with E-state index in [1.807, 2.05) is 19.1 Å². The van der Waals surface area contributed by atoms with Crippen molar-refractivity contribution >= 4 is 44.9 Å². The van der Waals surface area contributed by atoms with E-state index in [1.54, 1.807) is 24.3 Å². The summed E-state index contributed by atoms with van der Waals surface area (Å²) in [6.45, 7) is 1.93. The summed E-state index contributed by atoms with van der Waals surface area (Å²) in [7, 11) is 0. The number of ketones is 1. The largest absolute Gasteiger partial charge is 0.289 e. The summed E-state index contributed by atoms with van der Waals surface area (Å²) in [5, 5.41) is 0.670. The Labute approximate surface area is 124 Å². The van der Waals surface area contributed by atoms with Crippen LogP contribution in [0.4, 0.5) is 0 Å². The van der Waals surface area contributed by atoms with Gasteiger partial charge in [-0.1, -0.05) is 41.4 Å². The molecule has 2 rings (SSSR count). The van der Waals surface area contributed by atoms with Crippen LogP contribution in [-0.4, -0.2) is 5.78 Å². The highest BCUT2D eigenvalue weighted by molar-refractivity contribution is 9.10. The van der Waals surface area contributed by atoms with Crippen LogP contribution >= 0.6 is 39.1 Å². The topological polar surface area (TPSA) is 17.1 Å². The van der Waals surface area contributed by atoms with Gasteiger partial charge in [0.25, 0.3) is 0 Å². The van der Waals surface area contributed by atoms with Crippen LogP contribution in [-0.2, 0) is 0 Å². The maximum Gasteiger partial charge on any atom is 0.195 e. The Morgan fingerprint density at radius 2 is 1.67 bits per heavy atom. The van der Waals surface area contributed by atoms with E-state index in [9.17, 15) is 4.79 Å². The quantitative estimate of drug-likeness (QED) is 0.676. The molecule has 2 aromatic rings. The molecule has 4 heteroatoms. The second-order valence-corrected chi connectivity index (χ2v) is 5.45. The maximum atomic E-state index is 12.4. The van der Waals surface area contributed by atoms with Crippen LogP contribution in [0.2, 0.25) is 10.0 Å². The smallest absolute Gasteiger partial charge is 0.195 e. The van der Waals surface area contributed by atoms with Crippen molar-refractivity contribution in [3.8, 4) is 0 Å². The number of benzene rings is 2. The van der Waals surface area contributed by atoms with Crippen LogP contribution in [0.25, 0.3) is 0 Å². The predicted molar refractivity (Wildman–Crippen MR) is 78.8 cm³/mol. The molecular weight excluding hydrogens is 335 g/mol. The highest BCUT2D eigenvalue weighted by atomic mass is 79.9. The molecule has 0 aromatic heterocycles. The first-order valence-electron chi connectivity index (χ1n) is 5.26. The first-order valence-corrected chi connectivity index (χ1v) is 6.81. The molecule has 0 bridgehead atoms. The molecule has 0 aliphatic heterocycles. The molecule has 0 spiro atoms. The summed E-state index contributed by atoms with van der Waals surface area (Å²) in [6, 6.07) is 10.6. The van der Waals surface area contributed by atoms with E-state index < -0.39 is 0 Å². The Kier molecular flexibility index (Phi) is 4.10. The summed E-state index contributed by atoms with van der Waals surface area (Å²) >= 11 is 15.4. The molecule has 0 N–H and O–H groups in total. The fraction of sp³-hybridized carbons (Fsp3) is 0.0714. The molecule has 0 radical (unpaired) electrons. The normalized spacial score (nSPS) is 10.4. The van der Waals surface area contributed by atoms with Crippen LogP contribution < -0.4 is 0 Å². The molecule has 18 heavy (non-hydrogen) atoms. The molecule has 0 heterocycles. The average Bonchev–Trinajstić information content (AvgIpc) is 2.35. The summed E-state index contributed by atoms with van der Waals surface area (Å²) in [4.78, 5) is 12.4. The molecule has 0 amide bonds. The minimum atomic E-state index is -0.141. The summed E-state index contributed by atoms with van der Waals surface area (Å²) in [6.07, 6.45) is 0. The van der Waals surface area contributed by atoms with E-state index in [-0.39, 0.29) is 10.8 Å². The maximum absolute atomic E-state index is 12.4. The molecule has 0 aliphatic rings. The Balaban J connectivity index is 2.55. The number of rotatable bonds is 2. The van der Waals surface area contributed by atoms with Crippen molar-refractivity contribution in [2.24, 2.45) is 0 Å². The molecule has 0 aliphatic carbocycles. The van der Waals surface area contributed by atoms with Gasteiger partial charge in [0, 0.05) is 15.6 Å². The molecule has 92 valence electrons. The summed E-state index contributed by atoms with van der Waals surface area (Å²) in [5.41, 5.74) is 1.99. The second-order valence-electron chi connectivity index (χ2n) is 3.87. The monoisotopic (exact) mass is 342 g/mol. The fourth-order valence-corrected chi connectivity index (χ4v) is 2.48. The van der Waals surface area contributed by atoms with Gasteiger partial charge in [0.1, 0.15) is 0 Å². The zero-order valence-electron chi connectivity index (χ0n) is 9.51. The van der Waals surface area contributed by atoms with Crippen molar-refractivity contribution in [1.29, 1.82) is 0 Å². The van der Waals surface area contributed by atoms with Gasteiger partial charge in [0.05, 0.1) is 10.0 Å². The summed E-state index contributed by atoms with van der Waals surface area (Å²) < 4.78 is 0.783. The average molecular weight is 344 g/mol. The number of carbonyl (C=O) groups is 1. The third-order valence-corrected chi connectivity index (χ3v) is 4.50. The molecular formula is C14H9BrCl2O. The van der Waals surface area contributed by atoms with E-state index in [4.69, 9.17) is 23.2 Å². The van der Waals surface area contributed by atoms with E-state index in [1.165, 1.54) is 0 Å². The van der Waals surface area contributed by atoms with Gasteiger partial charge in [0.2, 0.25) is 0 Å². The third-order valence-electron chi connectivity index (χ3n) is 2.63. The van der Waals surface area contributed by atoms with Gasteiger partial charge in [-0.25, -0.2) is 0 Å². The number of halogens is 3. The zero-order chi connectivity index (χ0) is 13.3. The van der Waals surface area contributed by atoms with Crippen molar-refractivity contribution in [3.05, 3.63) is 67.6 Å². The van der Waals surface area contributed by atoms with Crippen molar-refractivity contribution in [3.63, 3.8) is 0 Å². The Morgan fingerprint density at radius 3 is 2.39 bits per heavy atom. The van der Waals surface area contributed by atoms with Gasteiger partial charge >= 0.3 is 0 Å². The van der Waals surface area contributed by atoms with Crippen LogP contribution in [0.1, 0.15) is 21.5 Å². The van der Waals surface area contributed by atoms with Crippen molar-refractivity contribution in [2.75, 3.05) is 0 Å². The SMILES string of the molecule is Cc1cccc(C(=O)c2cccc(Cl)c2Cl)c1Br. The van der Waals surface area contributed by atoms with E-state index >= 15 is 0 Å². The number of carbonyl (C=O) groups excluding carboxylic acids is 1. The first-order chi connectivity index (χ1) is 8.52. The lowest BCUT2D eigenvalue weighted by Crippen LogP contribution is -2.04. The molecule has 0 fully saturated rings. The second kappa shape index (κ2) is 5.43. The van der Waals surface area contributed by atoms with Gasteiger partial charge in [0.15, 0.2) is 5.78 Å². The molecule has 0 unspecified atom stereocenters. The van der Waals surface area contributed by atoms with Gasteiger partial charge in [-0.2, -0.15) is 0 Å². The number of hydrogen-bond acceptors (Lipinski definition) is 1. The minimum absolute atomic E-state index is 0.141. The lowest BCUT2D eigenvalue weighted by Gasteiger charge is -2.08. The summed E-state index contributed by atoms with van der Waals surface area (Å²) in [5.74, 6) is -0.141. The van der Waals surface area contributed by atoms with Crippen LogP contribution in [0.3, 0.4) is 0 Å². The van der Waals surface area contributed by atoms with Crippen LogP contribution in [0.5, 0.6) is 0 Å². The van der Waals surface area contributed by atoms with Gasteiger partial charge < -0.3 is 0 Å². The van der Waals surface area contributed by atoms with Crippen LogP contribution in [0.15, 0.2) is 40.9 Å². The fourth-order valence-electron chi connectivity index (χ4n) is 1.65. The van der Waals surface area contributed by atoms with Crippen molar-refractivity contribution in [2.45, 2.75) is 6.92 Å². The van der Waals surface area contributed by atoms with Crippen LogP contribution in [0, 0.1) is 6.92 Å². The minimum Gasteiger partial charge on any atom is -0.289 e. The Morgan fingerprint density at radius 1 is 1.06 bits per heavy atom. The van der Waals surface area contributed by atoms with Gasteiger partial charge in [-0.05, 0) is 46.6 Å². The molecule has 0 atom stereocenters. The number of aryl methyl sites for hydroxylation is 1. The van der Waals surface area contributed by atoms with Crippen molar-refractivity contribution in [1.82, 2.24) is 0 Å². The standard InChI is InChI=1S/C14H9BrCl2O/c1-8-4-2-5-9(12(8)15)14(18)10-6-3-7-11(16)13(10)17/h2-7H,1H3. The Bertz CT molecular complexity index is 570. The highest BCUT2D eigenvalue weighted by Crippen LogP contribution is 2.30. The van der Waals surface area contributed by atoms with E-state index in [0.717, 1.165) is 10.0 Å². The highest BCUT2D eigenvalue weighted by Gasteiger charge is 2.17. The predicted octanol–water partition coefficient (Wildman–Crippen LogP) is 5.30.